The van der Waals surface area contributed by atoms with Crippen molar-refractivity contribution in [3.63, 3.8) is 0 Å². The van der Waals surface area contributed by atoms with Crippen LogP contribution in [0.3, 0.4) is 0 Å². The predicted molar refractivity (Wildman–Crippen MR) is 93.3 cm³/mol. The lowest BCUT2D eigenvalue weighted by molar-refractivity contribution is 0.0273. The largest absolute Gasteiger partial charge is 0.460 e. The van der Waals surface area contributed by atoms with Gasteiger partial charge in [0.05, 0.1) is 11.9 Å². The van der Waals surface area contributed by atoms with Crippen LogP contribution in [0.4, 0.5) is 5.69 Å². The third kappa shape index (κ3) is 2.55. The van der Waals surface area contributed by atoms with E-state index >= 15 is 0 Å². The third-order valence-corrected chi connectivity index (χ3v) is 5.53. The van der Waals surface area contributed by atoms with Crippen molar-refractivity contribution in [3.8, 4) is 0 Å². The Bertz CT molecular complexity index is 769. The van der Waals surface area contributed by atoms with Gasteiger partial charge in [0.15, 0.2) is 5.58 Å². The molecule has 1 amide bonds. The number of fused-ring (bicyclic) bond motifs is 4. The van der Waals surface area contributed by atoms with Gasteiger partial charge in [0.1, 0.15) is 12.0 Å². The summed E-state index contributed by atoms with van der Waals surface area (Å²) in [6.45, 7) is 4.39. The van der Waals surface area contributed by atoms with Gasteiger partial charge in [0.2, 0.25) is 0 Å². The molecule has 24 heavy (non-hydrogen) atoms. The Morgan fingerprint density at radius 3 is 2.96 bits per heavy atom. The summed E-state index contributed by atoms with van der Waals surface area (Å²) in [5, 5.41) is 4.12. The summed E-state index contributed by atoms with van der Waals surface area (Å²) in [6.07, 6.45) is 5.68. The van der Waals surface area contributed by atoms with Crippen LogP contribution in [0.5, 0.6) is 0 Å². The van der Waals surface area contributed by atoms with Gasteiger partial charge in [-0.25, -0.2) is 4.98 Å². The highest BCUT2D eigenvalue weighted by Crippen LogP contribution is 2.32. The number of piperidine rings is 3. The zero-order valence-electron chi connectivity index (χ0n) is 14.5. The summed E-state index contributed by atoms with van der Waals surface area (Å²) in [6, 6.07) is 2.70. The fraction of sp³-hybridized carbons (Fsp3) is 0.556. The number of hydrogen-bond acceptors (Lipinski definition) is 5. The van der Waals surface area contributed by atoms with Crippen molar-refractivity contribution < 1.29 is 9.21 Å². The fourth-order valence-electron chi connectivity index (χ4n) is 4.09. The number of furan rings is 1. The third-order valence-electron chi connectivity index (χ3n) is 5.53. The average molecular weight is 328 g/mol. The Morgan fingerprint density at radius 1 is 1.46 bits per heavy atom. The number of anilines is 1. The molecule has 0 saturated carbocycles. The Morgan fingerprint density at radius 2 is 2.29 bits per heavy atom. The maximum Gasteiger partial charge on any atom is 0.270 e. The van der Waals surface area contributed by atoms with Crippen LogP contribution < -0.4 is 10.2 Å². The number of nitrogens with zero attached hydrogens (tertiary/aromatic N) is 3. The second-order valence-electron chi connectivity index (χ2n) is 7.29. The molecule has 5 heterocycles. The van der Waals surface area contributed by atoms with Crippen LogP contribution in [-0.4, -0.2) is 55.1 Å². The molecule has 5 rings (SSSR count). The highest BCUT2D eigenvalue weighted by molar-refractivity contribution is 5.99. The van der Waals surface area contributed by atoms with E-state index in [9.17, 15) is 4.79 Å². The molecule has 2 aromatic heterocycles. The molecule has 0 spiro atoms. The molecule has 4 atom stereocenters. The molecule has 3 fully saturated rings. The summed E-state index contributed by atoms with van der Waals surface area (Å²) in [5.74, 6) is 0.498. The Labute approximate surface area is 141 Å². The maximum atomic E-state index is 12.7. The summed E-state index contributed by atoms with van der Waals surface area (Å²) < 4.78 is 5.50. The number of carbonyl (C=O) groups excluding carboxylic acids is 1. The zero-order chi connectivity index (χ0) is 16.8. The quantitative estimate of drug-likeness (QED) is 0.935. The van der Waals surface area contributed by atoms with E-state index in [0.29, 0.717) is 23.2 Å². The number of rotatable bonds is 3. The van der Waals surface area contributed by atoms with Crippen molar-refractivity contribution in [1.29, 1.82) is 0 Å². The van der Waals surface area contributed by atoms with E-state index in [-0.39, 0.29) is 11.9 Å². The maximum absolute atomic E-state index is 12.7. The van der Waals surface area contributed by atoms with Gasteiger partial charge in [-0.05, 0) is 38.3 Å². The van der Waals surface area contributed by atoms with E-state index in [1.807, 2.05) is 25.1 Å². The molecule has 0 aliphatic carbocycles. The molecule has 2 bridgehead atoms. The second-order valence-corrected chi connectivity index (χ2v) is 7.29. The number of hydrogen-bond donors (Lipinski definition) is 1. The molecule has 3 aliphatic heterocycles. The highest BCUT2D eigenvalue weighted by Gasteiger charge is 2.38. The van der Waals surface area contributed by atoms with Gasteiger partial charge in [-0.2, -0.15) is 0 Å². The molecule has 6 nitrogen and oxygen atoms in total. The Kier molecular flexibility index (Phi) is 3.72. The summed E-state index contributed by atoms with van der Waals surface area (Å²) in [5.41, 5.74) is 2.11. The van der Waals surface area contributed by atoms with Crippen molar-refractivity contribution in [2.45, 2.75) is 31.8 Å². The van der Waals surface area contributed by atoms with Crippen molar-refractivity contribution >= 4 is 22.6 Å². The van der Waals surface area contributed by atoms with Crippen LogP contribution in [0.1, 0.15) is 30.3 Å². The molecule has 4 unspecified atom stereocenters. The molecule has 0 aromatic carbocycles. The van der Waals surface area contributed by atoms with Crippen LogP contribution in [0.25, 0.3) is 11.0 Å². The molecule has 6 heteroatoms. The Hall–Kier alpha value is -2.08. The van der Waals surface area contributed by atoms with Gasteiger partial charge >= 0.3 is 0 Å². The monoisotopic (exact) mass is 328 g/mol. The smallest absolute Gasteiger partial charge is 0.270 e. The summed E-state index contributed by atoms with van der Waals surface area (Å²) >= 11 is 0. The van der Waals surface area contributed by atoms with E-state index in [2.05, 4.69) is 22.1 Å². The number of pyridine rings is 1. The predicted octanol–water partition coefficient (Wildman–Crippen LogP) is 2.11. The van der Waals surface area contributed by atoms with E-state index < -0.39 is 0 Å². The van der Waals surface area contributed by atoms with Gasteiger partial charge < -0.3 is 14.6 Å². The Balaban J connectivity index is 1.54. The first-order valence-electron chi connectivity index (χ1n) is 8.62. The van der Waals surface area contributed by atoms with Crippen molar-refractivity contribution in [3.05, 3.63) is 24.2 Å². The first-order valence-corrected chi connectivity index (χ1v) is 8.62. The molecular formula is C18H24N4O2. The minimum atomic E-state index is -0.0887. The lowest BCUT2D eigenvalue weighted by Crippen LogP contribution is -2.60. The van der Waals surface area contributed by atoms with Crippen LogP contribution in [0, 0.1) is 5.92 Å². The first-order chi connectivity index (χ1) is 11.5. The summed E-state index contributed by atoms with van der Waals surface area (Å²) in [7, 11) is 3.91. The van der Waals surface area contributed by atoms with Crippen molar-refractivity contribution in [2.75, 3.05) is 32.1 Å². The lowest BCUT2D eigenvalue weighted by atomic mass is 9.80. The first kappa shape index (κ1) is 15.4. The van der Waals surface area contributed by atoms with Crippen LogP contribution in [0.2, 0.25) is 0 Å². The van der Waals surface area contributed by atoms with Crippen molar-refractivity contribution in [1.82, 2.24) is 15.2 Å². The van der Waals surface area contributed by atoms with Gasteiger partial charge in [-0.15, -0.1) is 0 Å². The SMILES string of the molecule is CC1CC2CCN1CC2NC(=O)c1cc2c(N(C)C)coc2cn1. The molecule has 2 aromatic rings. The van der Waals surface area contributed by atoms with Crippen LogP contribution in [-0.2, 0) is 0 Å². The number of aromatic nitrogens is 1. The number of amides is 1. The van der Waals surface area contributed by atoms with Crippen LogP contribution >= 0.6 is 0 Å². The van der Waals surface area contributed by atoms with Gasteiger partial charge in [0.25, 0.3) is 5.91 Å². The molecule has 1 N–H and O–H groups in total. The normalized spacial score (nSPS) is 29.0. The number of carbonyl (C=O) groups is 1. The molecule has 3 saturated heterocycles. The van der Waals surface area contributed by atoms with E-state index in [1.165, 1.54) is 12.8 Å². The standard InChI is InChI=1S/C18H24N4O2/c1-11-6-12-4-5-22(11)9-15(12)20-18(23)14-7-13-16(21(2)3)10-24-17(13)8-19-14/h7-8,10-12,15H,4-6,9H2,1-3H3,(H,20,23). The number of nitrogens with one attached hydrogen (secondary N) is 1. The highest BCUT2D eigenvalue weighted by atomic mass is 16.3. The topological polar surface area (TPSA) is 61.6 Å². The second kappa shape index (κ2) is 5.77. The van der Waals surface area contributed by atoms with Gasteiger partial charge in [-0.1, -0.05) is 0 Å². The fourth-order valence-corrected chi connectivity index (χ4v) is 4.09. The zero-order valence-corrected chi connectivity index (χ0v) is 14.5. The molecule has 0 radical (unpaired) electrons. The van der Waals surface area contributed by atoms with Crippen molar-refractivity contribution in [2.24, 2.45) is 5.92 Å². The summed E-state index contributed by atoms with van der Waals surface area (Å²) in [4.78, 5) is 21.4. The minimum Gasteiger partial charge on any atom is -0.460 e. The van der Waals surface area contributed by atoms with Gasteiger partial charge in [-0.3, -0.25) is 9.69 Å². The van der Waals surface area contributed by atoms with Gasteiger partial charge in [0, 0.05) is 38.1 Å². The average Bonchev–Trinajstić information content (AvgIpc) is 2.99. The molecule has 128 valence electrons. The van der Waals surface area contributed by atoms with Crippen LogP contribution in [0.15, 0.2) is 22.9 Å². The van der Waals surface area contributed by atoms with E-state index in [4.69, 9.17) is 4.42 Å². The minimum absolute atomic E-state index is 0.0887. The molecular weight excluding hydrogens is 304 g/mol. The molecule has 3 aliphatic rings. The van der Waals surface area contributed by atoms with E-state index in [0.717, 1.165) is 24.2 Å². The lowest BCUT2D eigenvalue weighted by Gasteiger charge is -2.48. The van der Waals surface area contributed by atoms with E-state index in [1.54, 1.807) is 12.5 Å².